The van der Waals surface area contributed by atoms with Gasteiger partial charge in [0.2, 0.25) is 5.91 Å². The summed E-state index contributed by atoms with van der Waals surface area (Å²) < 4.78 is 0. The Kier molecular flexibility index (Phi) is 5.09. The first-order valence-electron chi connectivity index (χ1n) is 9.01. The van der Waals surface area contributed by atoms with Crippen molar-refractivity contribution in [2.45, 2.75) is 44.9 Å². The molecular weight excluding hydrogens is 286 g/mol. The van der Waals surface area contributed by atoms with Crippen LogP contribution in [0.15, 0.2) is 18.2 Å². The second kappa shape index (κ2) is 7.24. The summed E-state index contributed by atoms with van der Waals surface area (Å²) in [6.07, 6.45) is 8.66. The normalized spacial score (nSPS) is 18.6. The zero-order chi connectivity index (χ0) is 16.2. The summed E-state index contributed by atoms with van der Waals surface area (Å²) in [5.74, 6) is 0.924. The van der Waals surface area contributed by atoms with Gasteiger partial charge in [0.15, 0.2) is 0 Å². The average molecular weight is 315 g/mol. The third kappa shape index (κ3) is 3.80. The number of likely N-dealkylation sites (N-methyl/N-ethyl adjacent to an activating group) is 1. The van der Waals surface area contributed by atoms with Crippen LogP contribution in [-0.2, 0) is 11.2 Å². The van der Waals surface area contributed by atoms with Gasteiger partial charge in [0, 0.05) is 31.5 Å². The molecule has 0 unspecified atom stereocenters. The smallest absolute Gasteiger partial charge is 0.241 e. The van der Waals surface area contributed by atoms with Crippen LogP contribution in [0, 0.1) is 5.92 Å². The van der Waals surface area contributed by atoms with Gasteiger partial charge in [0.25, 0.3) is 0 Å². The number of fused-ring (bicyclic) bond motifs is 1. The predicted octanol–water partition coefficient (Wildman–Crippen LogP) is 3.06. The van der Waals surface area contributed by atoms with Gasteiger partial charge >= 0.3 is 0 Å². The molecule has 126 valence electrons. The summed E-state index contributed by atoms with van der Waals surface area (Å²) in [5, 5.41) is 0. The summed E-state index contributed by atoms with van der Waals surface area (Å²) in [7, 11) is 1.96. The van der Waals surface area contributed by atoms with Gasteiger partial charge in [0.1, 0.15) is 0 Å². The van der Waals surface area contributed by atoms with E-state index in [1.807, 2.05) is 24.1 Å². The fraction of sp³-hybridized carbons (Fsp3) is 0.632. The van der Waals surface area contributed by atoms with E-state index in [0.717, 1.165) is 37.3 Å². The van der Waals surface area contributed by atoms with Gasteiger partial charge in [-0.25, -0.2) is 0 Å². The lowest BCUT2D eigenvalue weighted by Gasteiger charge is -2.33. The lowest BCUT2D eigenvalue weighted by Crippen LogP contribution is -2.42. The van der Waals surface area contributed by atoms with Crippen molar-refractivity contribution in [1.82, 2.24) is 4.90 Å². The standard InChI is InChI=1S/C19H29N3O/c1-21(13-15-7-3-2-4-8-15)19(23)14-22-12-6-9-16-17(20)10-5-11-18(16)22/h5,10-11,15H,2-4,6-9,12-14,20H2,1H3. The van der Waals surface area contributed by atoms with Crippen LogP contribution in [0.5, 0.6) is 0 Å². The number of amides is 1. The molecule has 1 aromatic carbocycles. The number of nitrogen functional groups attached to an aromatic ring is 1. The van der Waals surface area contributed by atoms with Crippen LogP contribution in [0.3, 0.4) is 0 Å². The van der Waals surface area contributed by atoms with Crippen LogP contribution >= 0.6 is 0 Å². The quantitative estimate of drug-likeness (QED) is 0.869. The molecule has 4 heteroatoms. The maximum Gasteiger partial charge on any atom is 0.241 e. The highest BCUT2D eigenvalue weighted by atomic mass is 16.2. The van der Waals surface area contributed by atoms with Crippen LogP contribution in [0.4, 0.5) is 11.4 Å². The van der Waals surface area contributed by atoms with Gasteiger partial charge < -0.3 is 15.5 Å². The number of carbonyl (C=O) groups excluding carboxylic acids is 1. The van der Waals surface area contributed by atoms with E-state index in [-0.39, 0.29) is 5.91 Å². The molecule has 1 saturated carbocycles. The van der Waals surface area contributed by atoms with Crippen molar-refractivity contribution in [3.63, 3.8) is 0 Å². The molecule has 0 saturated heterocycles. The van der Waals surface area contributed by atoms with Gasteiger partial charge in [0.05, 0.1) is 6.54 Å². The zero-order valence-corrected chi connectivity index (χ0v) is 14.3. The van der Waals surface area contributed by atoms with E-state index >= 15 is 0 Å². The molecule has 0 spiro atoms. The molecule has 4 nitrogen and oxygen atoms in total. The molecule has 1 aliphatic carbocycles. The first kappa shape index (κ1) is 16.2. The highest BCUT2D eigenvalue weighted by molar-refractivity contribution is 5.82. The Hall–Kier alpha value is -1.71. The van der Waals surface area contributed by atoms with E-state index in [2.05, 4.69) is 11.0 Å². The molecule has 1 aromatic rings. The second-order valence-electron chi connectivity index (χ2n) is 7.15. The second-order valence-corrected chi connectivity index (χ2v) is 7.15. The minimum Gasteiger partial charge on any atom is -0.398 e. The van der Waals surface area contributed by atoms with E-state index in [0.29, 0.717) is 12.5 Å². The third-order valence-corrected chi connectivity index (χ3v) is 5.39. The van der Waals surface area contributed by atoms with Crippen molar-refractivity contribution in [2.75, 3.05) is 37.3 Å². The summed E-state index contributed by atoms with van der Waals surface area (Å²) in [6.45, 7) is 2.33. The number of rotatable bonds is 4. The monoisotopic (exact) mass is 315 g/mol. The van der Waals surface area contributed by atoms with Crippen molar-refractivity contribution in [1.29, 1.82) is 0 Å². The minimum absolute atomic E-state index is 0.228. The predicted molar refractivity (Wildman–Crippen MR) is 95.6 cm³/mol. The van der Waals surface area contributed by atoms with E-state index in [1.165, 1.54) is 37.7 Å². The van der Waals surface area contributed by atoms with Crippen LogP contribution in [0.25, 0.3) is 0 Å². The SMILES string of the molecule is CN(CC1CCCCC1)C(=O)CN1CCCc2c(N)cccc21. The molecule has 1 fully saturated rings. The Bertz CT molecular complexity index is 552. The van der Waals surface area contributed by atoms with Gasteiger partial charge in [-0.15, -0.1) is 0 Å². The van der Waals surface area contributed by atoms with Gasteiger partial charge in [-0.05, 0) is 49.3 Å². The number of anilines is 2. The number of nitrogens with two attached hydrogens (primary N) is 1. The van der Waals surface area contributed by atoms with Crippen LogP contribution in [0.2, 0.25) is 0 Å². The maximum atomic E-state index is 12.6. The number of hydrogen-bond acceptors (Lipinski definition) is 3. The Labute approximate surface area is 139 Å². The fourth-order valence-electron chi connectivity index (χ4n) is 4.03. The third-order valence-electron chi connectivity index (χ3n) is 5.39. The molecule has 1 amide bonds. The molecule has 3 rings (SSSR count). The van der Waals surface area contributed by atoms with Crippen molar-refractivity contribution in [3.8, 4) is 0 Å². The van der Waals surface area contributed by atoms with E-state index in [9.17, 15) is 4.79 Å². The molecular formula is C19H29N3O. The van der Waals surface area contributed by atoms with Gasteiger partial charge in [-0.2, -0.15) is 0 Å². The molecule has 23 heavy (non-hydrogen) atoms. The molecule has 2 N–H and O–H groups in total. The first-order valence-corrected chi connectivity index (χ1v) is 9.01. The number of benzene rings is 1. The number of nitrogens with zero attached hydrogens (tertiary/aromatic N) is 2. The topological polar surface area (TPSA) is 49.6 Å². The Balaban J connectivity index is 1.61. The molecule has 1 heterocycles. The molecule has 1 aliphatic heterocycles. The van der Waals surface area contributed by atoms with Crippen molar-refractivity contribution in [2.24, 2.45) is 5.92 Å². The summed E-state index contributed by atoms with van der Waals surface area (Å²) in [5.41, 5.74) is 9.31. The highest BCUT2D eigenvalue weighted by Gasteiger charge is 2.23. The fourth-order valence-corrected chi connectivity index (χ4v) is 4.03. The van der Waals surface area contributed by atoms with E-state index < -0.39 is 0 Å². The summed E-state index contributed by atoms with van der Waals surface area (Å²) >= 11 is 0. The summed E-state index contributed by atoms with van der Waals surface area (Å²) in [4.78, 5) is 16.8. The van der Waals surface area contributed by atoms with Crippen molar-refractivity contribution in [3.05, 3.63) is 23.8 Å². The Morgan fingerprint density at radius 1 is 1.26 bits per heavy atom. The maximum absolute atomic E-state index is 12.6. The van der Waals surface area contributed by atoms with E-state index in [4.69, 9.17) is 5.73 Å². The average Bonchev–Trinajstić information content (AvgIpc) is 2.56. The molecule has 0 bridgehead atoms. The lowest BCUT2D eigenvalue weighted by molar-refractivity contribution is -0.129. The lowest BCUT2D eigenvalue weighted by atomic mass is 9.89. The largest absolute Gasteiger partial charge is 0.398 e. The molecule has 0 atom stereocenters. The van der Waals surface area contributed by atoms with Crippen LogP contribution in [0.1, 0.15) is 44.1 Å². The van der Waals surface area contributed by atoms with Crippen molar-refractivity contribution < 1.29 is 4.79 Å². The first-order chi connectivity index (χ1) is 11.1. The van der Waals surface area contributed by atoms with Gasteiger partial charge in [-0.1, -0.05) is 25.3 Å². The Morgan fingerprint density at radius 3 is 2.83 bits per heavy atom. The molecule has 0 radical (unpaired) electrons. The van der Waals surface area contributed by atoms with Crippen molar-refractivity contribution >= 4 is 17.3 Å². The molecule has 0 aromatic heterocycles. The highest BCUT2D eigenvalue weighted by Crippen LogP contribution is 2.31. The Morgan fingerprint density at radius 2 is 2.04 bits per heavy atom. The van der Waals surface area contributed by atoms with Crippen LogP contribution < -0.4 is 10.6 Å². The number of hydrogen-bond donors (Lipinski definition) is 1. The van der Waals surface area contributed by atoms with E-state index in [1.54, 1.807) is 0 Å². The van der Waals surface area contributed by atoms with Crippen LogP contribution in [-0.4, -0.2) is 37.5 Å². The zero-order valence-electron chi connectivity index (χ0n) is 14.3. The number of carbonyl (C=O) groups is 1. The summed E-state index contributed by atoms with van der Waals surface area (Å²) in [6, 6.07) is 6.04. The molecule has 2 aliphatic rings. The van der Waals surface area contributed by atoms with Gasteiger partial charge in [-0.3, -0.25) is 4.79 Å². The minimum atomic E-state index is 0.228.